The maximum atomic E-state index is 2.74. The van der Waals surface area contributed by atoms with Crippen molar-refractivity contribution in [3.63, 3.8) is 0 Å². The van der Waals surface area contributed by atoms with E-state index in [0.717, 1.165) is 17.8 Å². The molecule has 0 aromatic heterocycles. The maximum absolute atomic E-state index is 2.74. The molecule has 0 radical (unpaired) electrons. The molecular weight excluding hydrogens is 360 g/mol. The van der Waals surface area contributed by atoms with E-state index >= 15 is 0 Å². The molecule has 0 N–H and O–H groups in total. The molecular formula is C30H48. The van der Waals surface area contributed by atoms with Gasteiger partial charge in [-0.2, -0.15) is 0 Å². The van der Waals surface area contributed by atoms with Crippen molar-refractivity contribution in [2.75, 3.05) is 0 Å². The van der Waals surface area contributed by atoms with Gasteiger partial charge >= 0.3 is 0 Å². The van der Waals surface area contributed by atoms with E-state index in [9.17, 15) is 0 Å². The summed E-state index contributed by atoms with van der Waals surface area (Å²) in [6, 6.07) is 11.3. The molecule has 3 rings (SSSR count). The van der Waals surface area contributed by atoms with E-state index in [-0.39, 0.29) is 0 Å². The average Bonchev–Trinajstić information content (AvgIpc) is 2.80. The topological polar surface area (TPSA) is 0 Å². The first-order chi connectivity index (χ1) is 14.7. The molecule has 1 fully saturated rings. The summed E-state index contributed by atoms with van der Waals surface area (Å²) in [4.78, 5) is 0. The van der Waals surface area contributed by atoms with Gasteiger partial charge in [0.25, 0.3) is 0 Å². The lowest BCUT2D eigenvalue weighted by molar-refractivity contribution is 0.184. The first-order valence-corrected chi connectivity index (χ1v) is 13.4. The number of hydrogen-bond donors (Lipinski definition) is 0. The second-order valence-electron chi connectivity index (χ2n) is 10.7. The first kappa shape index (κ1) is 23.6. The molecule has 0 heterocycles. The molecule has 0 aliphatic heterocycles. The van der Waals surface area contributed by atoms with Crippen molar-refractivity contribution in [1.29, 1.82) is 0 Å². The Labute approximate surface area is 187 Å². The third-order valence-electron chi connectivity index (χ3n) is 8.61. The Morgan fingerprint density at radius 3 is 2.30 bits per heavy atom. The fourth-order valence-electron chi connectivity index (χ4n) is 6.35. The van der Waals surface area contributed by atoms with E-state index in [1.54, 1.807) is 5.56 Å². The molecule has 1 saturated carbocycles. The van der Waals surface area contributed by atoms with E-state index in [2.05, 4.69) is 57.2 Å². The molecule has 0 heteroatoms. The average molecular weight is 409 g/mol. The molecule has 2 unspecified atom stereocenters. The van der Waals surface area contributed by atoms with Crippen molar-refractivity contribution >= 4 is 0 Å². The summed E-state index contributed by atoms with van der Waals surface area (Å²) < 4.78 is 0. The van der Waals surface area contributed by atoms with Crippen LogP contribution in [0.5, 0.6) is 0 Å². The number of allylic oxidation sites excluding steroid dienone is 2. The summed E-state index contributed by atoms with van der Waals surface area (Å²) in [7, 11) is 0. The molecule has 0 nitrogen and oxygen atoms in total. The second-order valence-corrected chi connectivity index (χ2v) is 10.7. The van der Waals surface area contributed by atoms with E-state index < -0.39 is 0 Å². The van der Waals surface area contributed by atoms with Gasteiger partial charge in [-0.3, -0.25) is 0 Å². The third-order valence-corrected chi connectivity index (χ3v) is 8.61. The Hall–Kier alpha value is -1.04. The van der Waals surface area contributed by atoms with Crippen LogP contribution in [-0.2, 0) is 0 Å². The van der Waals surface area contributed by atoms with Crippen LogP contribution in [0.25, 0.3) is 0 Å². The fourth-order valence-corrected chi connectivity index (χ4v) is 6.35. The van der Waals surface area contributed by atoms with Crippen LogP contribution < -0.4 is 0 Å². The van der Waals surface area contributed by atoms with Crippen molar-refractivity contribution in [1.82, 2.24) is 0 Å². The molecule has 0 saturated heterocycles. The predicted molar refractivity (Wildman–Crippen MR) is 133 cm³/mol. The highest BCUT2D eigenvalue weighted by Gasteiger charge is 2.39. The molecule has 1 aromatic rings. The Bertz CT molecular complexity index is 617. The number of rotatable bonds is 11. The van der Waals surface area contributed by atoms with Gasteiger partial charge in [0, 0.05) is 0 Å². The fraction of sp³-hybridized carbons (Fsp3) is 0.733. The normalized spacial score (nSPS) is 28.2. The number of unbranched alkanes of at least 4 members (excludes halogenated alkanes) is 4. The van der Waals surface area contributed by atoms with Crippen molar-refractivity contribution in [2.24, 2.45) is 17.3 Å². The zero-order valence-corrected chi connectivity index (χ0v) is 20.3. The Balaban J connectivity index is 1.64. The van der Waals surface area contributed by atoms with E-state index in [4.69, 9.17) is 0 Å². The monoisotopic (exact) mass is 408 g/mol. The lowest BCUT2D eigenvalue weighted by Gasteiger charge is -2.44. The van der Waals surface area contributed by atoms with E-state index in [1.165, 1.54) is 96.3 Å². The SMILES string of the molecule is CCCCCCCC1(C2=CCC(CC(C)CC)CC2)CCC(c2ccccc2)CC1. The van der Waals surface area contributed by atoms with Gasteiger partial charge in [-0.25, -0.2) is 0 Å². The lowest BCUT2D eigenvalue weighted by Crippen LogP contribution is -2.31. The Morgan fingerprint density at radius 1 is 0.933 bits per heavy atom. The highest BCUT2D eigenvalue weighted by molar-refractivity contribution is 5.24. The summed E-state index contributed by atoms with van der Waals surface area (Å²) in [5.74, 6) is 2.64. The number of hydrogen-bond acceptors (Lipinski definition) is 0. The summed E-state index contributed by atoms with van der Waals surface area (Å²) in [6.07, 6.45) is 24.0. The largest absolute Gasteiger partial charge is 0.0845 e. The number of benzene rings is 1. The smallest absolute Gasteiger partial charge is 0.00876 e. The van der Waals surface area contributed by atoms with Crippen molar-refractivity contribution in [3.8, 4) is 0 Å². The van der Waals surface area contributed by atoms with Crippen molar-refractivity contribution < 1.29 is 0 Å². The zero-order chi connectivity index (χ0) is 21.2. The van der Waals surface area contributed by atoms with Crippen LogP contribution >= 0.6 is 0 Å². The van der Waals surface area contributed by atoms with Crippen LogP contribution in [0.3, 0.4) is 0 Å². The third kappa shape index (κ3) is 6.48. The van der Waals surface area contributed by atoms with Gasteiger partial charge < -0.3 is 0 Å². The summed E-state index contributed by atoms with van der Waals surface area (Å²) >= 11 is 0. The van der Waals surface area contributed by atoms with Gasteiger partial charge in [0.2, 0.25) is 0 Å². The molecule has 1 aromatic carbocycles. The minimum Gasteiger partial charge on any atom is -0.0845 e. The summed E-state index contributed by atoms with van der Waals surface area (Å²) in [6.45, 7) is 7.13. The molecule has 168 valence electrons. The molecule has 30 heavy (non-hydrogen) atoms. The van der Waals surface area contributed by atoms with Crippen LogP contribution in [0.4, 0.5) is 0 Å². The highest BCUT2D eigenvalue weighted by Crippen LogP contribution is 2.53. The Kier molecular flexibility index (Phi) is 9.54. The van der Waals surface area contributed by atoms with Crippen LogP contribution in [0.15, 0.2) is 42.0 Å². The minimum absolute atomic E-state index is 0.541. The highest BCUT2D eigenvalue weighted by atomic mass is 14.4. The molecule has 2 atom stereocenters. The summed E-state index contributed by atoms with van der Waals surface area (Å²) in [5.41, 5.74) is 4.00. The van der Waals surface area contributed by atoms with Gasteiger partial charge in [-0.15, -0.1) is 0 Å². The summed E-state index contributed by atoms with van der Waals surface area (Å²) in [5, 5.41) is 0. The standard InChI is InChI=1S/C30H48/c1-4-6-7-8-12-21-30(29-17-15-26(16-18-29)24-25(3)5-2)22-19-28(20-23-30)27-13-10-9-11-14-27/h9-11,13-14,17,25-26,28H,4-8,12,15-16,18-24H2,1-3H3. The Morgan fingerprint density at radius 2 is 1.67 bits per heavy atom. The lowest BCUT2D eigenvalue weighted by atomic mass is 9.60. The van der Waals surface area contributed by atoms with E-state index in [0.29, 0.717) is 5.41 Å². The van der Waals surface area contributed by atoms with Crippen LogP contribution in [0.1, 0.15) is 129 Å². The zero-order valence-electron chi connectivity index (χ0n) is 20.3. The first-order valence-electron chi connectivity index (χ1n) is 13.4. The molecule has 0 bridgehead atoms. The second kappa shape index (κ2) is 12.1. The quantitative estimate of drug-likeness (QED) is 0.252. The molecule has 0 spiro atoms. The van der Waals surface area contributed by atoms with Crippen LogP contribution in [0.2, 0.25) is 0 Å². The van der Waals surface area contributed by atoms with Gasteiger partial charge in [0.1, 0.15) is 0 Å². The predicted octanol–water partition coefficient (Wildman–Crippen LogP) is 9.85. The minimum atomic E-state index is 0.541. The molecule has 0 amide bonds. The molecule has 2 aliphatic rings. The van der Waals surface area contributed by atoms with Crippen LogP contribution in [0, 0.1) is 17.3 Å². The van der Waals surface area contributed by atoms with Crippen LogP contribution in [-0.4, -0.2) is 0 Å². The van der Waals surface area contributed by atoms with Gasteiger partial charge in [-0.05, 0) is 86.5 Å². The van der Waals surface area contributed by atoms with E-state index in [1.807, 2.05) is 5.57 Å². The maximum Gasteiger partial charge on any atom is -0.00876 e. The van der Waals surface area contributed by atoms with Gasteiger partial charge in [0.05, 0.1) is 0 Å². The molecule has 2 aliphatic carbocycles. The van der Waals surface area contributed by atoms with Gasteiger partial charge in [0.15, 0.2) is 0 Å². The van der Waals surface area contributed by atoms with Gasteiger partial charge in [-0.1, -0.05) is 101 Å². The van der Waals surface area contributed by atoms with Crippen molar-refractivity contribution in [2.45, 2.75) is 123 Å². The van der Waals surface area contributed by atoms with Crippen molar-refractivity contribution in [3.05, 3.63) is 47.5 Å².